The summed E-state index contributed by atoms with van der Waals surface area (Å²) in [6.07, 6.45) is 0. The van der Waals surface area contributed by atoms with Gasteiger partial charge in [-0.1, -0.05) is 16.7 Å². The van der Waals surface area contributed by atoms with Crippen LogP contribution in [0.25, 0.3) is 10.4 Å². The minimum Gasteiger partial charge on any atom is -0.352 e. The van der Waals surface area contributed by atoms with Crippen molar-refractivity contribution in [2.24, 2.45) is 5.11 Å². The van der Waals surface area contributed by atoms with E-state index in [-0.39, 0.29) is 12.5 Å². The molecule has 0 unspecified atom stereocenters. The van der Waals surface area contributed by atoms with E-state index in [1.54, 1.807) is 18.2 Å². The van der Waals surface area contributed by atoms with Crippen LogP contribution in [0.1, 0.15) is 10.4 Å². The fourth-order valence-electron chi connectivity index (χ4n) is 1.03. The molecule has 1 amide bonds. The van der Waals surface area contributed by atoms with Crippen molar-refractivity contribution in [1.29, 1.82) is 0 Å². The number of nitrogens with one attached hydrogen (secondary N) is 1. The topological polar surface area (TPSA) is 77.9 Å². The normalized spacial score (nSPS) is 9.38. The van der Waals surface area contributed by atoms with Gasteiger partial charge in [0.1, 0.15) is 0 Å². The number of amides is 1. The van der Waals surface area contributed by atoms with Crippen LogP contribution in [0.5, 0.6) is 0 Å². The Morgan fingerprint density at radius 1 is 1.62 bits per heavy atom. The fourth-order valence-corrected chi connectivity index (χ4v) is 1.63. The first-order valence-electron chi connectivity index (χ1n) is 4.39. The molecule has 1 rings (SSSR count). The van der Waals surface area contributed by atoms with Gasteiger partial charge < -0.3 is 5.32 Å². The predicted octanol–water partition coefficient (Wildman–Crippen LogP) is 3.14. The number of hydrogen-bond donors (Lipinski definition) is 1. The number of carbonyl (C=O) groups excluding carboxylic acids is 1. The second-order valence-corrected chi connectivity index (χ2v) is 4.13. The molecular weight excluding hydrogens is 295 g/mol. The Hall–Kier alpha value is -1.23. The first-order chi connectivity index (χ1) is 7.65. The Balaban J connectivity index is 2.65. The van der Waals surface area contributed by atoms with Crippen molar-refractivity contribution in [3.05, 3.63) is 43.7 Å². The van der Waals surface area contributed by atoms with Gasteiger partial charge in [0.05, 0.1) is 5.56 Å². The van der Waals surface area contributed by atoms with Crippen molar-refractivity contribution < 1.29 is 4.79 Å². The van der Waals surface area contributed by atoms with Crippen molar-refractivity contribution in [2.75, 3.05) is 13.1 Å². The SMILES string of the molecule is [N-]=[N+]=NCCNC(=O)c1cc(Cl)ccc1Br. The second kappa shape index (κ2) is 6.37. The first kappa shape index (κ1) is 12.8. The van der Waals surface area contributed by atoms with E-state index in [9.17, 15) is 4.79 Å². The molecular formula is C9H8BrClN4O. The lowest BCUT2D eigenvalue weighted by Crippen LogP contribution is -2.26. The van der Waals surface area contributed by atoms with Crippen LogP contribution in [-0.2, 0) is 0 Å². The average molecular weight is 304 g/mol. The fraction of sp³-hybridized carbons (Fsp3) is 0.222. The first-order valence-corrected chi connectivity index (χ1v) is 5.56. The molecule has 0 aliphatic rings. The van der Waals surface area contributed by atoms with Crippen LogP contribution >= 0.6 is 27.5 Å². The number of nitrogens with zero attached hydrogens (tertiary/aromatic N) is 3. The average Bonchev–Trinajstić information content (AvgIpc) is 2.27. The van der Waals surface area contributed by atoms with Gasteiger partial charge in [-0.25, -0.2) is 0 Å². The molecule has 84 valence electrons. The molecule has 0 bridgehead atoms. The van der Waals surface area contributed by atoms with E-state index in [0.29, 0.717) is 21.6 Å². The summed E-state index contributed by atoms with van der Waals surface area (Å²) in [6.45, 7) is 0.516. The van der Waals surface area contributed by atoms with Gasteiger partial charge >= 0.3 is 0 Å². The van der Waals surface area contributed by atoms with Crippen molar-refractivity contribution in [3.63, 3.8) is 0 Å². The van der Waals surface area contributed by atoms with Gasteiger partial charge in [0.15, 0.2) is 0 Å². The summed E-state index contributed by atoms with van der Waals surface area (Å²) >= 11 is 9.03. The van der Waals surface area contributed by atoms with Gasteiger partial charge in [-0.3, -0.25) is 4.79 Å². The van der Waals surface area contributed by atoms with E-state index in [1.165, 1.54) is 0 Å². The lowest BCUT2D eigenvalue weighted by molar-refractivity contribution is 0.0954. The number of benzene rings is 1. The van der Waals surface area contributed by atoms with E-state index in [1.807, 2.05) is 0 Å². The summed E-state index contributed by atoms with van der Waals surface area (Å²) < 4.78 is 0.665. The van der Waals surface area contributed by atoms with Gasteiger partial charge in [-0.05, 0) is 39.7 Å². The molecule has 0 atom stereocenters. The van der Waals surface area contributed by atoms with Crippen LogP contribution in [0.15, 0.2) is 27.8 Å². The summed E-state index contributed by atoms with van der Waals surface area (Å²) in [6, 6.07) is 4.95. The van der Waals surface area contributed by atoms with Crippen molar-refractivity contribution in [3.8, 4) is 0 Å². The molecule has 0 spiro atoms. The number of carbonyl (C=O) groups is 1. The van der Waals surface area contributed by atoms with Gasteiger partial charge in [0, 0.05) is 27.5 Å². The molecule has 7 heteroatoms. The van der Waals surface area contributed by atoms with Crippen molar-refractivity contribution in [2.45, 2.75) is 0 Å². The zero-order valence-electron chi connectivity index (χ0n) is 8.15. The van der Waals surface area contributed by atoms with E-state index < -0.39 is 0 Å². The van der Waals surface area contributed by atoms with Crippen LogP contribution in [0.2, 0.25) is 5.02 Å². The summed E-state index contributed by atoms with van der Waals surface area (Å²) in [5, 5.41) is 6.40. The number of halogens is 2. The number of hydrogen-bond acceptors (Lipinski definition) is 2. The third-order valence-electron chi connectivity index (χ3n) is 1.73. The zero-order chi connectivity index (χ0) is 12.0. The maximum absolute atomic E-state index is 11.6. The highest BCUT2D eigenvalue weighted by Gasteiger charge is 2.09. The minimum absolute atomic E-state index is 0.223. The summed E-state index contributed by atoms with van der Waals surface area (Å²) in [4.78, 5) is 14.2. The van der Waals surface area contributed by atoms with Crippen molar-refractivity contribution in [1.82, 2.24) is 5.32 Å². The van der Waals surface area contributed by atoms with Gasteiger partial charge in [0.25, 0.3) is 5.91 Å². The Morgan fingerprint density at radius 3 is 3.06 bits per heavy atom. The minimum atomic E-state index is -0.262. The van der Waals surface area contributed by atoms with Crippen LogP contribution < -0.4 is 5.32 Å². The molecule has 5 nitrogen and oxygen atoms in total. The lowest BCUT2D eigenvalue weighted by atomic mass is 10.2. The lowest BCUT2D eigenvalue weighted by Gasteiger charge is -2.05. The molecule has 0 radical (unpaired) electrons. The van der Waals surface area contributed by atoms with E-state index >= 15 is 0 Å². The molecule has 1 N–H and O–H groups in total. The second-order valence-electron chi connectivity index (χ2n) is 2.83. The highest BCUT2D eigenvalue weighted by atomic mass is 79.9. The molecule has 0 aliphatic carbocycles. The third-order valence-corrected chi connectivity index (χ3v) is 2.66. The molecule has 0 aliphatic heterocycles. The molecule has 0 saturated carbocycles. The van der Waals surface area contributed by atoms with Gasteiger partial charge in [-0.2, -0.15) is 0 Å². The molecule has 1 aromatic carbocycles. The smallest absolute Gasteiger partial charge is 0.252 e. The zero-order valence-corrected chi connectivity index (χ0v) is 10.5. The standard InChI is InChI=1S/C9H8BrClN4O/c10-8-2-1-6(11)5-7(8)9(16)13-3-4-14-15-12/h1-2,5H,3-4H2,(H,13,16). The maximum atomic E-state index is 11.6. The Bertz CT molecular complexity index is 445. The van der Waals surface area contributed by atoms with Crippen LogP contribution in [0.4, 0.5) is 0 Å². The van der Waals surface area contributed by atoms with E-state index in [0.717, 1.165) is 0 Å². The molecule has 16 heavy (non-hydrogen) atoms. The molecule has 1 aromatic rings. The van der Waals surface area contributed by atoms with Crippen LogP contribution in [-0.4, -0.2) is 19.0 Å². The summed E-state index contributed by atoms with van der Waals surface area (Å²) in [5.74, 6) is -0.262. The summed E-state index contributed by atoms with van der Waals surface area (Å²) in [5.41, 5.74) is 8.50. The predicted molar refractivity (Wildman–Crippen MR) is 65.5 cm³/mol. The monoisotopic (exact) mass is 302 g/mol. The maximum Gasteiger partial charge on any atom is 0.252 e. The van der Waals surface area contributed by atoms with Gasteiger partial charge in [0.2, 0.25) is 0 Å². The largest absolute Gasteiger partial charge is 0.352 e. The summed E-state index contributed by atoms with van der Waals surface area (Å²) in [7, 11) is 0. The van der Waals surface area contributed by atoms with E-state index in [4.69, 9.17) is 17.1 Å². The van der Waals surface area contributed by atoms with Crippen LogP contribution in [0.3, 0.4) is 0 Å². The number of azide groups is 1. The molecule has 0 aromatic heterocycles. The Labute approximate surface area is 106 Å². The highest BCUT2D eigenvalue weighted by molar-refractivity contribution is 9.10. The van der Waals surface area contributed by atoms with Crippen molar-refractivity contribution >= 4 is 33.4 Å². The Morgan fingerprint density at radius 2 is 2.38 bits per heavy atom. The molecule has 0 heterocycles. The molecule has 0 saturated heterocycles. The van der Waals surface area contributed by atoms with Crippen LogP contribution in [0, 0.1) is 0 Å². The molecule has 0 fully saturated rings. The Kier molecular flexibility index (Phi) is 5.11. The number of rotatable bonds is 4. The van der Waals surface area contributed by atoms with Gasteiger partial charge in [-0.15, -0.1) is 0 Å². The quantitative estimate of drug-likeness (QED) is 0.394. The highest BCUT2D eigenvalue weighted by Crippen LogP contribution is 2.20. The van der Waals surface area contributed by atoms with E-state index in [2.05, 4.69) is 31.3 Å². The third kappa shape index (κ3) is 3.73.